The number of hydrogen-bond acceptors (Lipinski definition) is 6. The van der Waals surface area contributed by atoms with Crippen LogP contribution >= 0.6 is 0 Å². The van der Waals surface area contributed by atoms with E-state index in [0.29, 0.717) is 12.8 Å². The van der Waals surface area contributed by atoms with Crippen molar-refractivity contribution in [3.8, 4) is 0 Å². The van der Waals surface area contributed by atoms with E-state index in [1.807, 2.05) is 6.08 Å². The Labute approximate surface area is 477 Å². The van der Waals surface area contributed by atoms with Crippen LogP contribution in [-0.2, 0) is 28.6 Å². The summed E-state index contributed by atoms with van der Waals surface area (Å²) in [6.45, 7) is 6.45. The highest BCUT2D eigenvalue weighted by molar-refractivity contribution is 5.72. The minimum absolute atomic E-state index is 0.107. The van der Waals surface area contributed by atoms with Crippen molar-refractivity contribution in [2.75, 3.05) is 13.2 Å². The van der Waals surface area contributed by atoms with Gasteiger partial charge in [-0.3, -0.25) is 14.4 Å². The van der Waals surface area contributed by atoms with Gasteiger partial charge in [0.1, 0.15) is 13.2 Å². The van der Waals surface area contributed by atoms with Crippen molar-refractivity contribution in [2.45, 2.75) is 335 Å². The van der Waals surface area contributed by atoms with Crippen molar-refractivity contribution >= 4 is 17.9 Å². The molecule has 0 aromatic heterocycles. The first-order chi connectivity index (χ1) is 38.0. The molecule has 0 N–H and O–H groups in total. The molecule has 0 saturated carbocycles. The van der Waals surface area contributed by atoms with E-state index in [1.165, 1.54) is 205 Å². The standard InChI is InChI=1S/C71H124O6/c1-4-7-10-13-16-19-22-25-28-30-31-32-33-34-35-36-37-38-39-41-43-46-49-52-55-58-61-64-70(73)76-67-68(66-75-69(72)63-60-57-54-51-48-45-42-27-24-21-18-15-12-9-6-3)77-71(74)65-62-59-56-53-50-47-44-40-29-26-23-20-17-14-11-8-5-2/h9,12,17-18,20-21,26-27,29,42,48,51,57,60,68H,4-8,10-11,13-16,19,22-25,28,30-41,43-47,49-50,52-56,58-59,61-67H2,1-3H3/b12-9-,20-17-,21-18-,29-26-,42-27-,51-48-,60-57-. The van der Waals surface area contributed by atoms with Crippen LogP contribution in [0.25, 0.3) is 0 Å². The number of carbonyl (C=O) groups excluding carboxylic acids is 3. The molecular formula is C71H124O6. The van der Waals surface area contributed by atoms with Gasteiger partial charge in [-0.15, -0.1) is 0 Å². The van der Waals surface area contributed by atoms with Crippen molar-refractivity contribution in [3.05, 3.63) is 85.1 Å². The molecule has 1 atom stereocenters. The molecule has 77 heavy (non-hydrogen) atoms. The van der Waals surface area contributed by atoms with Crippen LogP contribution in [0.2, 0.25) is 0 Å². The largest absolute Gasteiger partial charge is 0.462 e. The Kier molecular flexibility index (Phi) is 62.2. The first-order valence-corrected chi connectivity index (χ1v) is 33.1. The van der Waals surface area contributed by atoms with E-state index < -0.39 is 12.1 Å². The van der Waals surface area contributed by atoms with Gasteiger partial charge in [-0.25, -0.2) is 0 Å². The fourth-order valence-corrected chi connectivity index (χ4v) is 9.49. The number of rotatable bonds is 60. The average Bonchev–Trinajstić information content (AvgIpc) is 3.43. The lowest BCUT2D eigenvalue weighted by molar-refractivity contribution is -0.166. The first kappa shape index (κ1) is 73.6. The number of unbranched alkanes of at least 4 members (excludes halogenated alkanes) is 36. The normalized spacial score (nSPS) is 12.6. The quantitative estimate of drug-likeness (QED) is 0.0261. The molecule has 6 nitrogen and oxygen atoms in total. The van der Waals surface area contributed by atoms with Crippen molar-refractivity contribution < 1.29 is 28.6 Å². The van der Waals surface area contributed by atoms with Gasteiger partial charge >= 0.3 is 17.9 Å². The Bertz CT molecular complexity index is 1470. The lowest BCUT2D eigenvalue weighted by atomic mass is 10.0. The molecule has 0 aliphatic carbocycles. The highest BCUT2D eigenvalue weighted by atomic mass is 16.6. The molecule has 0 heterocycles. The van der Waals surface area contributed by atoms with Crippen LogP contribution in [0.4, 0.5) is 0 Å². The van der Waals surface area contributed by atoms with Crippen molar-refractivity contribution in [3.63, 3.8) is 0 Å². The Morgan fingerprint density at radius 3 is 0.935 bits per heavy atom. The predicted octanol–water partition coefficient (Wildman–Crippen LogP) is 22.7. The highest BCUT2D eigenvalue weighted by Crippen LogP contribution is 2.18. The number of hydrogen-bond donors (Lipinski definition) is 0. The Morgan fingerprint density at radius 2 is 0.558 bits per heavy atom. The van der Waals surface area contributed by atoms with Crippen LogP contribution in [0.15, 0.2) is 85.1 Å². The molecular weight excluding hydrogens is 949 g/mol. The molecule has 0 aromatic rings. The van der Waals surface area contributed by atoms with Crippen molar-refractivity contribution in [2.24, 2.45) is 0 Å². The zero-order chi connectivity index (χ0) is 55.7. The predicted molar refractivity (Wildman–Crippen MR) is 334 cm³/mol. The maximum absolute atomic E-state index is 12.9. The fourth-order valence-electron chi connectivity index (χ4n) is 9.49. The lowest BCUT2D eigenvalue weighted by Crippen LogP contribution is -2.30. The van der Waals surface area contributed by atoms with E-state index in [2.05, 4.69) is 93.7 Å². The molecule has 0 aliphatic heterocycles. The summed E-state index contributed by atoms with van der Waals surface area (Å²) in [6, 6.07) is 0. The molecule has 0 bridgehead atoms. The number of allylic oxidation sites excluding steroid dienone is 13. The maximum atomic E-state index is 12.9. The summed E-state index contributed by atoms with van der Waals surface area (Å²) in [5, 5.41) is 0. The molecule has 444 valence electrons. The molecule has 0 spiro atoms. The molecule has 0 radical (unpaired) electrons. The Hall–Kier alpha value is -3.41. The second-order valence-electron chi connectivity index (χ2n) is 22.0. The van der Waals surface area contributed by atoms with Gasteiger partial charge in [0.25, 0.3) is 0 Å². The van der Waals surface area contributed by atoms with Crippen LogP contribution in [0.1, 0.15) is 329 Å². The van der Waals surface area contributed by atoms with Gasteiger partial charge in [-0.2, -0.15) is 0 Å². The lowest BCUT2D eigenvalue weighted by Gasteiger charge is -2.18. The minimum Gasteiger partial charge on any atom is -0.462 e. The van der Waals surface area contributed by atoms with Crippen LogP contribution in [0.3, 0.4) is 0 Å². The summed E-state index contributed by atoms with van der Waals surface area (Å²) in [5.41, 5.74) is 0. The smallest absolute Gasteiger partial charge is 0.309 e. The second-order valence-corrected chi connectivity index (χ2v) is 22.0. The molecule has 0 rings (SSSR count). The van der Waals surface area contributed by atoms with Gasteiger partial charge in [-0.1, -0.05) is 318 Å². The molecule has 0 saturated heterocycles. The third-order valence-electron chi connectivity index (χ3n) is 14.4. The van der Waals surface area contributed by atoms with Gasteiger partial charge in [0, 0.05) is 12.8 Å². The van der Waals surface area contributed by atoms with Crippen LogP contribution in [0.5, 0.6) is 0 Å². The van der Waals surface area contributed by atoms with E-state index in [-0.39, 0.29) is 31.6 Å². The zero-order valence-corrected chi connectivity index (χ0v) is 51.0. The van der Waals surface area contributed by atoms with Gasteiger partial charge in [0.2, 0.25) is 0 Å². The second kappa shape index (κ2) is 65.1. The van der Waals surface area contributed by atoms with Crippen molar-refractivity contribution in [1.29, 1.82) is 0 Å². The third kappa shape index (κ3) is 63.3. The number of esters is 3. The van der Waals surface area contributed by atoms with E-state index in [0.717, 1.165) is 83.5 Å². The summed E-state index contributed by atoms with van der Waals surface area (Å²) in [5.74, 6) is -1.04. The first-order valence-electron chi connectivity index (χ1n) is 33.1. The van der Waals surface area contributed by atoms with Gasteiger partial charge in [0.05, 0.1) is 6.42 Å². The van der Waals surface area contributed by atoms with Gasteiger partial charge < -0.3 is 14.2 Å². The van der Waals surface area contributed by atoms with Gasteiger partial charge in [-0.05, 0) is 77.0 Å². The topological polar surface area (TPSA) is 78.9 Å². The number of ether oxygens (including phenoxy) is 3. The van der Waals surface area contributed by atoms with Crippen LogP contribution in [0, 0.1) is 0 Å². The monoisotopic (exact) mass is 1070 g/mol. The summed E-state index contributed by atoms with van der Waals surface area (Å²) in [6.07, 6.45) is 86.4. The van der Waals surface area contributed by atoms with Crippen LogP contribution < -0.4 is 0 Å². The number of carbonyl (C=O) groups is 3. The summed E-state index contributed by atoms with van der Waals surface area (Å²) < 4.78 is 16.8. The molecule has 1 unspecified atom stereocenters. The summed E-state index contributed by atoms with van der Waals surface area (Å²) >= 11 is 0. The molecule has 0 aromatic carbocycles. The average molecular weight is 1070 g/mol. The summed E-state index contributed by atoms with van der Waals surface area (Å²) in [7, 11) is 0. The zero-order valence-electron chi connectivity index (χ0n) is 51.0. The third-order valence-corrected chi connectivity index (χ3v) is 14.4. The molecule has 0 fully saturated rings. The molecule has 6 heteroatoms. The molecule has 0 aliphatic rings. The minimum atomic E-state index is -0.821. The van der Waals surface area contributed by atoms with E-state index in [9.17, 15) is 14.4 Å². The Balaban J connectivity index is 4.32. The van der Waals surface area contributed by atoms with E-state index in [1.54, 1.807) is 6.08 Å². The van der Waals surface area contributed by atoms with E-state index >= 15 is 0 Å². The molecule has 0 amide bonds. The highest BCUT2D eigenvalue weighted by Gasteiger charge is 2.19. The Morgan fingerprint density at radius 1 is 0.286 bits per heavy atom. The summed E-state index contributed by atoms with van der Waals surface area (Å²) in [4.78, 5) is 38.2. The van der Waals surface area contributed by atoms with Crippen molar-refractivity contribution in [1.82, 2.24) is 0 Å². The SMILES string of the molecule is CC/C=C\C/C=C\C/C=C\C/C=C\C/C=C\CC(=O)OCC(COC(=O)CCCCCCCCCCCCCCCCCCCCCCCCCCCCC)OC(=O)CCCCCCCCC/C=C\C/C=C\CCCCC. The van der Waals surface area contributed by atoms with Crippen LogP contribution in [-0.4, -0.2) is 37.2 Å². The fraction of sp³-hybridized carbons (Fsp3) is 0.761. The van der Waals surface area contributed by atoms with E-state index in [4.69, 9.17) is 14.2 Å². The maximum Gasteiger partial charge on any atom is 0.309 e. The van der Waals surface area contributed by atoms with Gasteiger partial charge in [0.15, 0.2) is 6.10 Å².